The number of likely N-dealkylation sites (N-methyl/N-ethyl adjacent to an activating group) is 1. The standard InChI is InChI=1S/C16H22ClN3O/c1-20(9-4-10-21-2)15(11-18)13-6-7-14(17)12-5-3-8-19-16(12)13/h3,5-8,15H,4,9-11,18H2,1-2H3. The molecule has 1 aromatic heterocycles. The van der Waals surface area contributed by atoms with Crippen molar-refractivity contribution in [2.45, 2.75) is 12.5 Å². The van der Waals surface area contributed by atoms with Crippen LogP contribution in [0.1, 0.15) is 18.0 Å². The summed E-state index contributed by atoms with van der Waals surface area (Å²) in [6.45, 7) is 2.21. The van der Waals surface area contributed by atoms with Gasteiger partial charge in [0.1, 0.15) is 0 Å². The highest BCUT2D eigenvalue weighted by Gasteiger charge is 2.19. The Kier molecular flexibility index (Phi) is 5.94. The van der Waals surface area contributed by atoms with Gasteiger partial charge in [-0.05, 0) is 37.2 Å². The van der Waals surface area contributed by atoms with Crippen LogP contribution in [0.2, 0.25) is 5.02 Å². The Morgan fingerprint density at radius 1 is 1.38 bits per heavy atom. The predicted molar refractivity (Wildman–Crippen MR) is 87.7 cm³/mol. The van der Waals surface area contributed by atoms with Gasteiger partial charge in [0, 0.05) is 49.5 Å². The van der Waals surface area contributed by atoms with Crippen LogP contribution >= 0.6 is 11.6 Å². The number of hydrogen-bond acceptors (Lipinski definition) is 4. The van der Waals surface area contributed by atoms with E-state index >= 15 is 0 Å². The van der Waals surface area contributed by atoms with E-state index in [9.17, 15) is 0 Å². The second kappa shape index (κ2) is 7.71. The highest BCUT2D eigenvalue weighted by Crippen LogP contribution is 2.30. The maximum absolute atomic E-state index is 6.26. The van der Waals surface area contributed by atoms with Gasteiger partial charge in [-0.1, -0.05) is 17.7 Å². The molecule has 1 heterocycles. The van der Waals surface area contributed by atoms with Gasteiger partial charge < -0.3 is 10.5 Å². The zero-order valence-corrected chi connectivity index (χ0v) is 13.3. The van der Waals surface area contributed by atoms with Crippen LogP contribution in [0.4, 0.5) is 0 Å². The van der Waals surface area contributed by atoms with Gasteiger partial charge in [0.2, 0.25) is 0 Å². The molecule has 2 N–H and O–H groups in total. The first-order valence-electron chi connectivity index (χ1n) is 7.11. The molecule has 21 heavy (non-hydrogen) atoms. The van der Waals surface area contributed by atoms with Gasteiger partial charge >= 0.3 is 0 Å². The molecule has 4 nitrogen and oxygen atoms in total. The first-order chi connectivity index (χ1) is 10.2. The van der Waals surface area contributed by atoms with E-state index < -0.39 is 0 Å². The van der Waals surface area contributed by atoms with Gasteiger partial charge in [-0.25, -0.2) is 0 Å². The van der Waals surface area contributed by atoms with Crippen molar-refractivity contribution >= 4 is 22.5 Å². The average molecular weight is 308 g/mol. The Balaban J connectivity index is 2.32. The van der Waals surface area contributed by atoms with E-state index in [0.29, 0.717) is 6.54 Å². The summed E-state index contributed by atoms with van der Waals surface area (Å²) in [5.41, 5.74) is 8.06. The number of pyridine rings is 1. The fraction of sp³-hybridized carbons (Fsp3) is 0.438. The Labute approximate surface area is 130 Å². The normalized spacial score (nSPS) is 13.0. The van der Waals surface area contributed by atoms with Crippen molar-refractivity contribution in [1.82, 2.24) is 9.88 Å². The van der Waals surface area contributed by atoms with Crippen LogP contribution in [0.5, 0.6) is 0 Å². The molecule has 2 rings (SSSR count). The number of halogens is 1. The number of ether oxygens (including phenoxy) is 1. The van der Waals surface area contributed by atoms with Crippen LogP contribution in [0.15, 0.2) is 30.5 Å². The molecule has 0 spiro atoms. The van der Waals surface area contributed by atoms with Crippen LogP contribution in [-0.4, -0.2) is 43.7 Å². The van der Waals surface area contributed by atoms with E-state index in [1.807, 2.05) is 24.3 Å². The van der Waals surface area contributed by atoms with Crippen molar-refractivity contribution in [3.63, 3.8) is 0 Å². The minimum absolute atomic E-state index is 0.122. The highest BCUT2D eigenvalue weighted by atomic mass is 35.5. The second-order valence-electron chi connectivity index (χ2n) is 5.11. The molecule has 0 saturated carbocycles. The van der Waals surface area contributed by atoms with E-state index in [1.165, 1.54) is 0 Å². The SMILES string of the molecule is COCCCN(C)C(CN)c1ccc(Cl)c2cccnc12. The number of aromatic nitrogens is 1. The minimum Gasteiger partial charge on any atom is -0.385 e. The third-order valence-corrected chi connectivity index (χ3v) is 4.05. The van der Waals surface area contributed by atoms with Crippen molar-refractivity contribution in [3.8, 4) is 0 Å². The lowest BCUT2D eigenvalue weighted by Crippen LogP contribution is -2.32. The van der Waals surface area contributed by atoms with Gasteiger partial charge in [-0.2, -0.15) is 0 Å². The van der Waals surface area contributed by atoms with Crippen LogP contribution in [0.25, 0.3) is 10.9 Å². The number of benzene rings is 1. The highest BCUT2D eigenvalue weighted by molar-refractivity contribution is 6.35. The summed E-state index contributed by atoms with van der Waals surface area (Å²) in [7, 11) is 3.80. The summed E-state index contributed by atoms with van der Waals surface area (Å²) in [6.07, 6.45) is 2.77. The maximum atomic E-state index is 6.26. The van der Waals surface area contributed by atoms with E-state index in [0.717, 1.165) is 41.1 Å². The molecular formula is C16H22ClN3O. The van der Waals surface area contributed by atoms with Crippen molar-refractivity contribution in [2.24, 2.45) is 5.73 Å². The summed E-state index contributed by atoms with van der Waals surface area (Å²) in [5, 5.41) is 1.69. The molecular weight excluding hydrogens is 286 g/mol. The zero-order valence-electron chi connectivity index (χ0n) is 12.6. The van der Waals surface area contributed by atoms with Crippen LogP contribution in [0.3, 0.4) is 0 Å². The molecule has 5 heteroatoms. The number of methoxy groups -OCH3 is 1. The largest absolute Gasteiger partial charge is 0.385 e. The Bertz CT molecular complexity index is 591. The lowest BCUT2D eigenvalue weighted by atomic mass is 10.0. The third-order valence-electron chi connectivity index (χ3n) is 3.72. The second-order valence-corrected chi connectivity index (χ2v) is 5.52. The van der Waals surface area contributed by atoms with Crippen LogP contribution in [-0.2, 0) is 4.74 Å². The first kappa shape index (κ1) is 16.2. The zero-order chi connectivity index (χ0) is 15.2. The average Bonchev–Trinajstić information content (AvgIpc) is 2.51. The van der Waals surface area contributed by atoms with Gasteiger partial charge in [0.25, 0.3) is 0 Å². The molecule has 114 valence electrons. The minimum atomic E-state index is 0.122. The van der Waals surface area contributed by atoms with Gasteiger partial charge in [-0.3, -0.25) is 9.88 Å². The van der Waals surface area contributed by atoms with Crippen molar-refractivity contribution in [2.75, 3.05) is 33.9 Å². The number of nitrogens with two attached hydrogens (primary N) is 1. The van der Waals surface area contributed by atoms with Gasteiger partial charge in [0.15, 0.2) is 0 Å². The van der Waals surface area contributed by atoms with E-state index in [1.54, 1.807) is 13.3 Å². The van der Waals surface area contributed by atoms with E-state index in [4.69, 9.17) is 22.1 Å². The molecule has 0 aliphatic rings. The lowest BCUT2D eigenvalue weighted by molar-refractivity contribution is 0.167. The molecule has 0 fully saturated rings. The van der Waals surface area contributed by atoms with E-state index in [-0.39, 0.29) is 6.04 Å². The Hall–Kier alpha value is -1.20. The summed E-state index contributed by atoms with van der Waals surface area (Å²) in [5.74, 6) is 0. The molecule has 0 amide bonds. The number of hydrogen-bond donors (Lipinski definition) is 1. The molecule has 1 unspecified atom stereocenters. The van der Waals surface area contributed by atoms with Crippen LogP contribution in [0, 0.1) is 0 Å². The maximum Gasteiger partial charge on any atom is 0.0765 e. The molecule has 1 aromatic carbocycles. The monoisotopic (exact) mass is 307 g/mol. The van der Waals surface area contributed by atoms with Crippen molar-refractivity contribution < 1.29 is 4.74 Å². The molecule has 0 bridgehead atoms. The molecule has 2 aromatic rings. The first-order valence-corrected chi connectivity index (χ1v) is 7.49. The van der Waals surface area contributed by atoms with Gasteiger partial charge in [-0.15, -0.1) is 0 Å². The third kappa shape index (κ3) is 3.71. The van der Waals surface area contributed by atoms with Crippen molar-refractivity contribution in [1.29, 1.82) is 0 Å². The van der Waals surface area contributed by atoms with Crippen molar-refractivity contribution in [3.05, 3.63) is 41.0 Å². The number of nitrogens with zero attached hydrogens (tertiary/aromatic N) is 2. The number of rotatable bonds is 7. The predicted octanol–water partition coefficient (Wildman–Crippen LogP) is 2.86. The summed E-state index contributed by atoms with van der Waals surface area (Å²) in [4.78, 5) is 6.74. The Morgan fingerprint density at radius 3 is 2.90 bits per heavy atom. The molecule has 0 aliphatic heterocycles. The molecule has 0 aliphatic carbocycles. The summed E-state index contributed by atoms with van der Waals surface area (Å²) < 4.78 is 5.11. The summed E-state index contributed by atoms with van der Waals surface area (Å²) >= 11 is 6.26. The lowest BCUT2D eigenvalue weighted by Gasteiger charge is -2.28. The fourth-order valence-electron chi connectivity index (χ4n) is 2.59. The Morgan fingerprint density at radius 2 is 2.19 bits per heavy atom. The van der Waals surface area contributed by atoms with Crippen LogP contribution < -0.4 is 5.73 Å². The van der Waals surface area contributed by atoms with E-state index in [2.05, 4.69) is 16.9 Å². The topological polar surface area (TPSA) is 51.4 Å². The fourth-order valence-corrected chi connectivity index (χ4v) is 2.80. The number of fused-ring (bicyclic) bond motifs is 1. The molecule has 1 atom stereocenters. The summed E-state index contributed by atoms with van der Waals surface area (Å²) in [6, 6.07) is 7.97. The quantitative estimate of drug-likeness (QED) is 0.799. The molecule has 0 radical (unpaired) electrons. The smallest absolute Gasteiger partial charge is 0.0765 e. The van der Waals surface area contributed by atoms with Gasteiger partial charge in [0.05, 0.1) is 5.52 Å². The molecule has 0 saturated heterocycles.